The number of hydrogen-bond donors (Lipinski definition) is 1. The molecular weight excluding hydrogens is 316 g/mol. The van der Waals surface area contributed by atoms with E-state index >= 15 is 0 Å². The number of halogens is 3. The molecule has 0 atom stereocenters. The number of benzene rings is 2. The number of nitrogens with one attached hydrogen (secondary N) is 1. The van der Waals surface area contributed by atoms with E-state index in [1.807, 2.05) is 0 Å². The van der Waals surface area contributed by atoms with Gasteiger partial charge in [-0.3, -0.25) is 0 Å². The Labute approximate surface area is 131 Å². The molecule has 0 aliphatic carbocycles. The molecule has 0 unspecified atom stereocenters. The average Bonchev–Trinajstić information content (AvgIpc) is 2.48. The highest BCUT2D eigenvalue weighted by atomic mass is 35.5. The van der Waals surface area contributed by atoms with Gasteiger partial charge >= 0.3 is 5.97 Å². The molecule has 0 spiro atoms. The van der Waals surface area contributed by atoms with Gasteiger partial charge in [0.25, 0.3) is 0 Å². The molecule has 0 bridgehead atoms. The smallest absolute Gasteiger partial charge is 0.339 e. The Kier molecular flexibility index (Phi) is 5.04. The normalized spacial score (nSPS) is 10.3. The average molecular weight is 328 g/mol. The van der Waals surface area contributed by atoms with Crippen molar-refractivity contribution in [3.63, 3.8) is 0 Å². The lowest BCUT2D eigenvalue weighted by atomic mass is 10.1. The van der Waals surface area contributed by atoms with Crippen LogP contribution in [-0.4, -0.2) is 13.1 Å². The van der Waals surface area contributed by atoms with Crippen LogP contribution < -0.4 is 5.32 Å². The summed E-state index contributed by atoms with van der Waals surface area (Å²) in [6.45, 7) is 0.231. The van der Waals surface area contributed by atoms with E-state index in [1.54, 1.807) is 24.3 Å². The van der Waals surface area contributed by atoms with Crippen molar-refractivity contribution < 1.29 is 13.9 Å². The van der Waals surface area contributed by atoms with Crippen molar-refractivity contribution in [1.82, 2.24) is 0 Å². The number of hydrogen-bond acceptors (Lipinski definition) is 3. The molecule has 2 aromatic carbocycles. The predicted molar refractivity (Wildman–Crippen MR) is 81.5 cm³/mol. The van der Waals surface area contributed by atoms with Gasteiger partial charge in [-0.25, -0.2) is 9.18 Å². The summed E-state index contributed by atoms with van der Waals surface area (Å²) in [6, 6.07) is 9.15. The molecule has 6 heteroatoms. The van der Waals surface area contributed by atoms with Crippen molar-refractivity contribution >= 4 is 34.9 Å². The van der Waals surface area contributed by atoms with Crippen molar-refractivity contribution in [2.24, 2.45) is 0 Å². The molecule has 3 nitrogen and oxygen atoms in total. The Morgan fingerprint density at radius 2 is 2.00 bits per heavy atom. The molecule has 0 aromatic heterocycles. The van der Waals surface area contributed by atoms with E-state index in [0.29, 0.717) is 21.3 Å². The molecule has 0 saturated heterocycles. The van der Waals surface area contributed by atoms with Crippen LogP contribution in [0.4, 0.5) is 10.1 Å². The van der Waals surface area contributed by atoms with Gasteiger partial charge in [-0.1, -0.05) is 23.2 Å². The number of methoxy groups -OCH3 is 1. The Balaban J connectivity index is 2.17. The minimum absolute atomic E-state index is 0.231. The Bertz CT molecular complexity index is 677. The summed E-state index contributed by atoms with van der Waals surface area (Å²) >= 11 is 11.8. The van der Waals surface area contributed by atoms with Crippen LogP contribution >= 0.6 is 23.2 Å². The summed E-state index contributed by atoms with van der Waals surface area (Å²) in [5.74, 6) is -0.883. The predicted octanol–water partition coefficient (Wildman–Crippen LogP) is 4.53. The van der Waals surface area contributed by atoms with E-state index in [2.05, 4.69) is 10.1 Å². The summed E-state index contributed by atoms with van der Waals surface area (Å²) < 4.78 is 18.2. The monoisotopic (exact) mass is 327 g/mol. The lowest BCUT2D eigenvalue weighted by Gasteiger charge is -2.10. The summed E-state index contributed by atoms with van der Waals surface area (Å²) in [7, 11) is 1.28. The van der Waals surface area contributed by atoms with Crippen LogP contribution in [0.2, 0.25) is 10.0 Å². The first-order valence-corrected chi connectivity index (χ1v) is 6.82. The molecule has 0 radical (unpaired) electrons. The zero-order valence-electron chi connectivity index (χ0n) is 11.1. The van der Waals surface area contributed by atoms with E-state index in [1.165, 1.54) is 19.2 Å². The molecule has 0 saturated carbocycles. The molecule has 0 heterocycles. The molecule has 0 aliphatic heterocycles. The molecule has 2 rings (SSSR count). The zero-order valence-corrected chi connectivity index (χ0v) is 12.6. The SMILES string of the molecule is COC(=O)c1cc(NCc2cc(Cl)ccc2F)ccc1Cl. The van der Waals surface area contributed by atoms with Gasteiger partial charge < -0.3 is 10.1 Å². The molecule has 2 aromatic rings. The van der Waals surface area contributed by atoms with Crippen LogP contribution in [0, 0.1) is 5.82 Å². The van der Waals surface area contributed by atoms with E-state index in [9.17, 15) is 9.18 Å². The van der Waals surface area contributed by atoms with E-state index < -0.39 is 5.97 Å². The lowest BCUT2D eigenvalue weighted by molar-refractivity contribution is 0.0601. The van der Waals surface area contributed by atoms with Crippen LogP contribution in [0.3, 0.4) is 0 Å². The van der Waals surface area contributed by atoms with Gasteiger partial charge in [-0.15, -0.1) is 0 Å². The molecule has 110 valence electrons. The van der Waals surface area contributed by atoms with Gasteiger partial charge in [0.1, 0.15) is 5.82 Å². The number of esters is 1. The van der Waals surface area contributed by atoms with Crippen LogP contribution in [0.1, 0.15) is 15.9 Å². The maximum atomic E-state index is 13.6. The van der Waals surface area contributed by atoms with Crippen LogP contribution in [0.15, 0.2) is 36.4 Å². The third kappa shape index (κ3) is 3.86. The van der Waals surface area contributed by atoms with Gasteiger partial charge in [-0.2, -0.15) is 0 Å². The minimum Gasteiger partial charge on any atom is -0.465 e. The molecule has 0 aliphatic rings. The first-order valence-electron chi connectivity index (χ1n) is 6.07. The van der Waals surface area contributed by atoms with Gasteiger partial charge in [0.2, 0.25) is 0 Å². The summed E-state index contributed by atoms with van der Waals surface area (Å²) in [6.07, 6.45) is 0. The van der Waals surface area contributed by atoms with Crippen LogP contribution in [0.5, 0.6) is 0 Å². The fraction of sp³-hybridized carbons (Fsp3) is 0.133. The summed E-state index contributed by atoms with van der Waals surface area (Å²) in [5.41, 5.74) is 1.30. The maximum absolute atomic E-state index is 13.6. The lowest BCUT2D eigenvalue weighted by Crippen LogP contribution is -2.05. The first-order chi connectivity index (χ1) is 10.0. The van der Waals surface area contributed by atoms with Gasteiger partial charge in [0.05, 0.1) is 17.7 Å². The van der Waals surface area contributed by atoms with Gasteiger partial charge in [-0.05, 0) is 36.4 Å². The second kappa shape index (κ2) is 6.78. The second-order valence-corrected chi connectivity index (χ2v) is 5.12. The Hall–Kier alpha value is -1.78. The summed E-state index contributed by atoms with van der Waals surface area (Å²) in [4.78, 5) is 11.5. The Morgan fingerprint density at radius 3 is 2.71 bits per heavy atom. The Morgan fingerprint density at radius 1 is 1.24 bits per heavy atom. The minimum atomic E-state index is -0.530. The van der Waals surface area contributed by atoms with Crippen molar-refractivity contribution in [2.45, 2.75) is 6.54 Å². The fourth-order valence-electron chi connectivity index (χ4n) is 1.78. The highest BCUT2D eigenvalue weighted by Gasteiger charge is 2.11. The number of anilines is 1. The number of ether oxygens (including phenoxy) is 1. The fourth-order valence-corrected chi connectivity index (χ4v) is 2.17. The van der Waals surface area contributed by atoms with Crippen molar-refractivity contribution in [1.29, 1.82) is 0 Å². The zero-order chi connectivity index (χ0) is 15.4. The van der Waals surface area contributed by atoms with Gasteiger partial charge in [0, 0.05) is 22.8 Å². The number of rotatable bonds is 4. The quantitative estimate of drug-likeness (QED) is 0.838. The largest absolute Gasteiger partial charge is 0.465 e. The van der Waals surface area contributed by atoms with Gasteiger partial charge in [0.15, 0.2) is 0 Å². The van der Waals surface area contributed by atoms with Crippen LogP contribution in [-0.2, 0) is 11.3 Å². The second-order valence-electron chi connectivity index (χ2n) is 4.28. The highest BCUT2D eigenvalue weighted by Crippen LogP contribution is 2.22. The van der Waals surface area contributed by atoms with E-state index in [-0.39, 0.29) is 17.9 Å². The molecular formula is C15H12Cl2FNO2. The number of carbonyl (C=O) groups is 1. The number of carbonyl (C=O) groups excluding carboxylic acids is 1. The van der Waals surface area contributed by atoms with E-state index in [4.69, 9.17) is 23.2 Å². The van der Waals surface area contributed by atoms with Crippen molar-refractivity contribution in [3.05, 3.63) is 63.4 Å². The van der Waals surface area contributed by atoms with E-state index in [0.717, 1.165) is 0 Å². The standard InChI is InChI=1S/C15H12Cl2FNO2/c1-21-15(20)12-7-11(3-4-13(12)17)19-8-9-6-10(16)2-5-14(9)18/h2-7,19H,8H2,1H3. The third-order valence-electron chi connectivity index (χ3n) is 2.86. The van der Waals surface area contributed by atoms with Crippen molar-refractivity contribution in [2.75, 3.05) is 12.4 Å². The first kappa shape index (κ1) is 15.6. The third-order valence-corrected chi connectivity index (χ3v) is 3.43. The van der Waals surface area contributed by atoms with Crippen LogP contribution in [0.25, 0.3) is 0 Å². The summed E-state index contributed by atoms with van der Waals surface area (Å²) in [5, 5.41) is 3.76. The highest BCUT2D eigenvalue weighted by molar-refractivity contribution is 6.33. The molecule has 1 N–H and O–H groups in total. The maximum Gasteiger partial charge on any atom is 0.339 e. The molecule has 21 heavy (non-hydrogen) atoms. The molecule has 0 amide bonds. The topological polar surface area (TPSA) is 38.3 Å². The molecule has 0 fully saturated rings. The van der Waals surface area contributed by atoms with Crippen molar-refractivity contribution in [3.8, 4) is 0 Å².